The van der Waals surface area contributed by atoms with Gasteiger partial charge in [-0.25, -0.2) is 0 Å². The molecule has 0 amide bonds. The molecule has 0 spiro atoms. The molecule has 3 N–H and O–H groups in total. The first-order valence-electron chi connectivity index (χ1n) is 10.9. The van der Waals surface area contributed by atoms with Gasteiger partial charge in [0.25, 0.3) is 0 Å². The van der Waals surface area contributed by atoms with Gasteiger partial charge in [0.15, 0.2) is 5.96 Å². The van der Waals surface area contributed by atoms with Gasteiger partial charge in [0.2, 0.25) is 0 Å². The number of aliphatic hydroxyl groups excluding tert-OH is 1. The molecule has 2 atom stereocenters. The van der Waals surface area contributed by atoms with Crippen LogP contribution in [-0.2, 0) is 0 Å². The van der Waals surface area contributed by atoms with Crippen LogP contribution in [0, 0.1) is 0 Å². The van der Waals surface area contributed by atoms with Crippen molar-refractivity contribution in [1.29, 1.82) is 0 Å². The second kappa shape index (κ2) is 13.4. The number of aliphatic imine (C=N–C) groups is 1. The molecule has 32 heavy (non-hydrogen) atoms. The Labute approximate surface area is 208 Å². The SMILES string of the molecule is CCNC(=NCC(O)c1cccc(OC)c1)NC1CCCN(c2ccccc2OC)C1.I. The van der Waals surface area contributed by atoms with E-state index in [0.29, 0.717) is 0 Å². The van der Waals surface area contributed by atoms with Crippen molar-refractivity contribution in [1.82, 2.24) is 10.6 Å². The lowest BCUT2D eigenvalue weighted by Crippen LogP contribution is -2.51. The van der Waals surface area contributed by atoms with Crippen LogP contribution in [0.4, 0.5) is 5.69 Å². The van der Waals surface area contributed by atoms with Crippen LogP contribution >= 0.6 is 24.0 Å². The number of methoxy groups -OCH3 is 2. The van der Waals surface area contributed by atoms with Crippen LogP contribution in [0.2, 0.25) is 0 Å². The molecule has 0 aliphatic carbocycles. The fourth-order valence-corrected chi connectivity index (χ4v) is 3.85. The first kappa shape index (κ1) is 26.1. The van der Waals surface area contributed by atoms with Gasteiger partial charge in [-0.3, -0.25) is 4.99 Å². The number of anilines is 1. The molecule has 2 aromatic rings. The van der Waals surface area contributed by atoms with E-state index in [0.717, 1.165) is 61.2 Å². The number of guanidine groups is 1. The van der Waals surface area contributed by atoms with Gasteiger partial charge in [-0.1, -0.05) is 24.3 Å². The van der Waals surface area contributed by atoms with Crippen molar-refractivity contribution < 1.29 is 14.6 Å². The molecular weight excluding hydrogens is 519 g/mol. The van der Waals surface area contributed by atoms with Crippen LogP contribution in [0.1, 0.15) is 31.4 Å². The van der Waals surface area contributed by atoms with Gasteiger partial charge in [-0.2, -0.15) is 0 Å². The number of hydrogen-bond donors (Lipinski definition) is 3. The second-order valence-electron chi connectivity index (χ2n) is 7.61. The van der Waals surface area contributed by atoms with Gasteiger partial charge < -0.3 is 30.1 Å². The maximum absolute atomic E-state index is 10.6. The lowest BCUT2D eigenvalue weighted by atomic mass is 10.0. The monoisotopic (exact) mass is 554 g/mol. The van der Waals surface area contributed by atoms with Crippen LogP contribution in [0.15, 0.2) is 53.5 Å². The number of hydrogen-bond acceptors (Lipinski definition) is 5. The molecular formula is C24H35IN4O3. The minimum absolute atomic E-state index is 0. The van der Waals surface area contributed by atoms with E-state index in [-0.39, 0.29) is 36.6 Å². The number of ether oxygens (including phenoxy) is 2. The van der Waals surface area contributed by atoms with Crippen molar-refractivity contribution in [2.24, 2.45) is 4.99 Å². The van der Waals surface area contributed by atoms with Crippen LogP contribution in [0.25, 0.3) is 0 Å². The quantitative estimate of drug-likeness (QED) is 0.263. The molecule has 1 aliphatic heterocycles. The predicted molar refractivity (Wildman–Crippen MR) is 141 cm³/mol. The number of nitrogens with zero attached hydrogens (tertiary/aromatic N) is 2. The molecule has 1 fully saturated rings. The summed E-state index contributed by atoms with van der Waals surface area (Å²) >= 11 is 0. The van der Waals surface area contributed by atoms with E-state index in [9.17, 15) is 5.11 Å². The second-order valence-corrected chi connectivity index (χ2v) is 7.61. The molecule has 1 heterocycles. The molecule has 7 nitrogen and oxygen atoms in total. The zero-order chi connectivity index (χ0) is 22.1. The average Bonchev–Trinajstić information content (AvgIpc) is 2.82. The number of benzene rings is 2. The Morgan fingerprint density at radius 3 is 2.75 bits per heavy atom. The van der Waals surface area contributed by atoms with E-state index in [1.807, 2.05) is 49.4 Å². The summed E-state index contributed by atoms with van der Waals surface area (Å²) in [6, 6.07) is 15.8. The fraction of sp³-hybridized carbons (Fsp3) is 0.458. The topological polar surface area (TPSA) is 78.4 Å². The molecule has 176 valence electrons. The molecule has 8 heteroatoms. The van der Waals surface area contributed by atoms with Gasteiger partial charge in [0.1, 0.15) is 11.5 Å². The van der Waals surface area contributed by atoms with E-state index in [1.54, 1.807) is 14.2 Å². The van der Waals surface area contributed by atoms with Crippen LogP contribution < -0.4 is 25.0 Å². The number of rotatable bonds is 8. The van der Waals surface area contributed by atoms with Gasteiger partial charge in [-0.15, -0.1) is 24.0 Å². The standard InChI is InChI=1S/C24H34N4O3.HI/c1-4-25-24(26-16-22(29)18-9-7-11-20(15-18)30-2)27-19-10-8-14-28(17-19)21-12-5-6-13-23(21)31-3;/h5-7,9,11-13,15,19,22,29H,4,8,10,14,16-17H2,1-3H3,(H2,25,26,27);1H. The first-order chi connectivity index (χ1) is 15.1. The van der Waals surface area contributed by atoms with E-state index >= 15 is 0 Å². The lowest BCUT2D eigenvalue weighted by molar-refractivity contribution is 0.186. The summed E-state index contributed by atoms with van der Waals surface area (Å²) in [5.74, 6) is 2.34. The molecule has 2 unspecified atom stereocenters. The highest BCUT2D eigenvalue weighted by Crippen LogP contribution is 2.29. The van der Waals surface area contributed by atoms with Gasteiger partial charge in [-0.05, 0) is 49.6 Å². The van der Waals surface area contributed by atoms with Gasteiger partial charge in [0, 0.05) is 25.7 Å². The number of piperidine rings is 1. The molecule has 3 rings (SSSR count). The summed E-state index contributed by atoms with van der Waals surface area (Å²) in [6.07, 6.45) is 1.46. The number of nitrogens with one attached hydrogen (secondary N) is 2. The number of halogens is 1. The summed E-state index contributed by atoms with van der Waals surface area (Å²) in [7, 11) is 3.33. The van der Waals surface area contributed by atoms with Crippen molar-refractivity contribution >= 4 is 35.6 Å². The lowest BCUT2D eigenvalue weighted by Gasteiger charge is -2.36. The predicted octanol–water partition coefficient (Wildman–Crippen LogP) is 3.58. The third-order valence-electron chi connectivity index (χ3n) is 5.43. The van der Waals surface area contributed by atoms with E-state index in [4.69, 9.17) is 9.47 Å². The Morgan fingerprint density at radius 2 is 2.00 bits per heavy atom. The van der Waals surface area contributed by atoms with Crippen LogP contribution in [0.3, 0.4) is 0 Å². The highest BCUT2D eigenvalue weighted by molar-refractivity contribution is 14.0. The van der Waals surface area contributed by atoms with E-state index in [2.05, 4.69) is 26.6 Å². The molecule has 0 saturated carbocycles. The maximum Gasteiger partial charge on any atom is 0.191 e. The Hall–Kier alpha value is -2.20. The van der Waals surface area contributed by atoms with Crippen molar-refractivity contribution in [3.8, 4) is 11.5 Å². The fourth-order valence-electron chi connectivity index (χ4n) is 3.85. The molecule has 1 saturated heterocycles. The van der Waals surface area contributed by atoms with Crippen molar-refractivity contribution in [3.05, 3.63) is 54.1 Å². The zero-order valence-electron chi connectivity index (χ0n) is 19.1. The van der Waals surface area contributed by atoms with Gasteiger partial charge >= 0.3 is 0 Å². The molecule has 0 radical (unpaired) electrons. The smallest absolute Gasteiger partial charge is 0.191 e. The summed E-state index contributed by atoms with van der Waals surface area (Å²) in [4.78, 5) is 6.99. The van der Waals surface area contributed by atoms with Crippen molar-refractivity contribution in [2.45, 2.75) is 31.9 Å². The number of aliphatic hydroxyl groups is 1. The summed E-state index contributed by atoms with van der Waals surface area (Å²) in [5.41, 5.74) is 1.91. The summed E-state index contributed by atoms with van der Waals surface area (Å²) < 4.78 is 10.8. The molecule has 0 aromatic heterocycles. The molecule has 2 aromatic carbocycles. The summed E-state index contributed by atoms with van der Waals surface area (Å²) in [6.45, 7) is 4.93. The van der Waals surface area contributed by atoms with Crippen molar-refractivity contribution in [3.63, 3.8) is 0 Å². The van der Waals surface area contributed by atoms with E-state index < -0.39 is 6.10 Å². The Morgan fingerprint density at radius 1 is 1.19 bits per heavy atom. The number of para-hydroxylation sites is 2. The average molecular weight is 554 g/mol. The third kappa shape index (κ3) is 7.16. The molecule has 0 bridgehead atoms. The van der Waals surface area contributed by atoms with Crippen molar-refractivity contribution in [2.75, 3.05) is 45.3 Å². The minimum atomic E-state index is -0.693. The summed E-state index contributed by atoms with van der Waals surface area (Å²) in [5, 5.41) is 17.4. The highest BCUT2D eigenvalue weighted by Gasteiger charge is 2.23. The Balaban J connectivity index is 0.00000363. The van der Waals surface area contributed by atoms with Crippen LogP contribution in [0.5, 0.6) is 11.5 Å². The normalized spacial score (nSPS) is 17.2. The van der Waals surface area contributed by atoms with Crippen LogP contribution in [-0.4, -0.2) is 57.5 Å². The Kier molecular flexibility index (Phi) is 10.9. The maximum atomic E-state index is 10.6. The zero-order valence-corrected chi connectivity index (χ0v) is 21.4. The Bertz CT molecular complexity index is 865. The highest BCUT2D eigenvalue weighted by atomic mass is 127. The largest absolute Gasteiger partial charge is 0.497 e. The van der Waals surface area contributed by atoms with Gasteiger partial charge in [0.05, 0.1) is 32.6 Å². The minimum Gasteiger partial charge on any atom is -0.497 e. The first-order valence-corrected chi connectivity index (χ1v) is 10.9. The third-order valence-corrected chi connectivity index (χ3v) is 5.43. The molecule has 1 aliphatic rings. The van der Waals surface area contributed by atoms with E-state index in [1.165, 1.54) is 0 Å².